The summed E-state index contributed by atoms with van der Waals surface area (Å²) in [5, 5.41) is 12.3. The Bertz CT molecular complexity index is 916. The predicted octanol–water partition coefficient (Wildman–Crippen LogP) is 5.06. The molecule has 0 aliphatic carbocycles. The Morgan fingerprint density at radius 2 is 2.00 bits per heavy atom. The summed E-state index contributed by atoms with van der Waals surface area (Å²) in [5.41, 5.74) is 1.98. The summed E-state index contributed by atoms with van der Waals surface area (Å²) >= 11 is 7.47. The van der Waals surface area contributed by atoms with Crippen LogP contribution < -0.4 is 5.32 Å². The molecule has 1 N–H and O–H groups in total. The van der Waals surface area contributed by atoms with Crippen molar-refractivity contribution in [1.29, 1.82) is 0 Å². The number of aromatic nitrogens is 3. The molecule has 0 saturated heterocycles. The fourth-order valence-corrected chi connectivity index (χ4v) is 3.94. The highest BCUT2D eigenvalue weighted by Gasteiger charge is 2.21. The molecule has 0 bridgehead atoms. The number of rotatable bonds is 8. The van der Waals surface area contributed by atoms with Gasteiger partial charge in [0.15, 0.2) is 5.16 Å². The Hall–Kier alpha value is -2.31. The number of hydrogen-bond acceptors (Lipinski definition) is 4. The first kappa shape index (κ1) is 20.4. The lowest BCUT2D eigenvalue weighted by Gasteiger charge is -2.21. The van der Waals surface area contributed by atoms with Gasteiger partial charge in [0.25, 0.3) is 0 Å². The number of carbonyl (C=O) groups is 1. The number of thioether (sulfide) groups is 1. The molecule has 5 nitrogen and oxygen atoms in total. The quantitative estimate of drug-likeness (QED) is 0.523. The maximum Gasteiger partial charge on any atom is 0.233 e. The van der Waals surface area contributed by atoms with Crippen molar-refractivity contribution in [3.05, 3.63) is 71.5 Å². The van der Waals surface area contributed by atoms with Gasteiger partial charge in [0, 0.05) is 5.02 Å². The molecule has 0 aliphatic rings. The van der Waals surface area contributed by atoms with Gasteiger partial charge in [-0.1, -0.05) is 73.1 Å². The number of carbonyl (C=O) groups excluding carboxylic acids is 1. The number of amides is 1. The predicted molar refractivity (Wildman–Crippen MR) is 114 cm³/mol. The van der Waals surface area contributed by atoms with Crippen molar-refractivity contribution in [1.82, 2.24) is 20.1 Å². The van der Waals surface area contributed by atoms with Crippen LogP contribution in [-0.2, 0) is 4.79 Å². The maximum absolute atomic E-state index is 12.8. The zero-order valence-electron chi connectivity index (χ0n) is 15.9. The molecule has 0 spiro atoms. The van der Waals surface area contributed by atoms with E-state index in [-0.39, 0.29) is 17.2 Å². The molecule has 28 heavy (non-hydrogen) atoms. The van der Waals surface area contributed by atoms with E-state index in [9.17, 15) is 4.79 Å². The van der Waals surface area contributed by atoms with Crippen LogP contribution in [0.15, 0.2) is 66.1 Å². The van der Waals surface area contributed by atoms with Gasteiger partial charge in [-0.15, -0.1) is 10.2 Å². The summed E-state index contributed by atoms with van der Waals surface area (Å²) in [6, 6.07) is 17.5. The van der Waals surface area contributed by atoms with Crippen LogP contribution in [0.5, 0.6) is 0 Å². The van der Waals surface area contributed by atoms with Crippen molar-refractivity contribution >= 4 is 29.3 Å². The molecule has 3 aromatic rings. The van der Waals surface area contributed by atoms with Gasteiger partial charge in [-0.05, 0) is 37.1 Å². The minimum absolute atomic E-state index is 0.00699. The number of nitrogens with zero attached hydrogens (tertiary/aromatic N) is 3. The van der Waals surface area contributed by atoms with Crippen LogP contribution in [0, 0.1) is 0 Å². The van der Waals surface area contributed by atoms with Gasteiger partial charge < -0.3 is 5.32 Å². The monoisotopic (exact) mass is 414 g/mol. The van der Waals surface area contributed by atoms with Crippen LogP contribution in [0.2, 0.25) is 5.02 Å². The molecule has 1 heterocycles. The van der Waals surface area contributed by atoms with E-state index in [4.69, 9.17) is 11.6 Å². The minimum atomic E-state index is -0.315. The van der Waals surface area contributed by atoms with Gasteiger partial charge in [-0.25, -0.2) is 0 Å². The topological polar surface area (TPSA) is 59.8 Å². The van der Waals surface area contributed by atoms with Gasteiger partial charge in [0.2, 0.25) is 5.91 Å². The first-order valence-electron chi connectivity index (χ1n) is 9.26. The maximum atomic E-state index is 12.8. The summed E-state index contributed by atoms with van der Waals surface area (Å²) < 4.78 is 1.83. The Kier molecular flexibility index (Phi) is 7.12. The molecule has 3 rings (SSSR count). The third kappa shape index (κ3) is 5.14. The number of halogens is 1. The fraction of sp³-hybridized carbons (Fsp3) is 0.286. The molecule has 146 valence electrons. The highest BCUT2D eigenvalue weighted by molar-refractivity contribution is 8.00. The molecular formula is C21H23ClN4OS. The largest absolute Gasteiger partial charge is 0.348 e. The molecule has 0 radical (unpaired) electrons. The SMILES string of the molecule is CCC[C@@H](NC(=O)[C@@H](C)Sc1nncn1-c1cccc(Cl)c1)c1ccccc1. The average Bonchev–Trinajstić information content (AvgIpc) is 3.16. The third-order valence-corrected chi connectivity index (χ3v) is 5.64. The van der Waals surface area contributed by atoms with Crippen molar-refractivity contribution in [2.45, 2.75) is 43.1 Å². The highest BCUT2D eigenvalue weighted by atomic mass is 35.5. The minimum Gasteiger partial charge on any atom is -0.348 e. The zero-order valence-corrected chi connectivity index (χ0v) is 17.5. The average molecular weight is 415 g/mol. The molecule has 0 unspecified atom stereocenters. The van der Waals surface area contributed by atoms with E-state index in [1.807, 2.05) is 66.1 Å². The van der Waals surface area contributed by atoms with Crippen molar-refractivity contribution in [2.24, 2.45) is 0 Å². The van der Waals surface area contributed by atoms with Crippen LogP contribution >= 0.6 is 23.4 Å². The van der Waals surface area contributed by atoms with Crippen LogP contribution in [0.4, 0.5) is 0 Å². The Morgan fingerprint density at radius 1 is 1.21 bits per heavy atom. The smallest absolute Gasteiger partial charge is 0.233 e. The molecule has 1 aromatic heterocycles. The lowest BCUT2D eigenvalue weighted by Crippen LogP contribution is -2.34. The summed E-state index contributed by atoms with van der Waals surface area (Å²) in [6.45, 7) is 4.00. The Labute approximate surface area is 174 Å². The van der Waals surface area contributed by atoms with Crippen molar-refractivity contribution < 1.29 is 4.79 Å². The van der Waals surface area contributed by atoms with E-state index in [1.54, 1.807) is 6.33 Å². The molecule has 1 amide bonds. The first-order valence-corrected chi connectivity index (χ1v) is 10.5. The summed E-state index contributed by atoms with van der Waals surface area (Å²) in [5.74, 6) is -0.0204. The molecule has 0 aliphatic heterocycles. The van der Waals surface area contributed by atoms with Crippen LogP contribution in [-0.4, -0.2) is 25.9 Å². The number of benzene rings is 2. The van der Waals surface area contributed by atoms with E-state index < -0.39 is 0 Å². The van der Waals surface area contributed by atoms with Gasteiger partial charge in [-0.2, -0.15) is 0 Å². The standard InChI is InChI=1S/C21H23ClN4OS/c1-3-8-19(16-9-5-4-6-10-16)24-20(27)15(2)28-21-25-23-14-26(21)18-12-7-11-17(22)13-18/h4-7,9-15,19H,3,8H2,1-2H3,(H,24,27)/t15-,19-/m1/s1. The normalized spacial score (nSPS) is 13.1. The summed E-state index contributed by atoms with van der Waals surface area (Å²) in [6.07, 6.45) is 3.51. The van der Waals surface area contributed by atoms with E-state index in [0.717, 1.165) is 24.1 Å². The van der Waals surface area contributed by atoms with Crippen LogP contribution in [0.3, 0.4) is 0 Å². The first-order chi connectivity index (χ1) is 13.6. The molecule has 0 fully saturated rings. The summed E-state index contributed by atoms with van der Waals surface area (Å²) in [7, 11) is 0. The molecular weight excluding hydrogens is 392 g/mol. The van der Waals surface area contributed by atoms with Gasteiger partial charge in [0.1, 0.15) is 6.33 Å². The fourth-order valence-electron chi connectivity index (χ4n) is 2.90. The van der Waals surface area contributed by atoms with Crippen LogP contribution in [0.25, 0.3) is 5.69 Å². The van der Waals surface area contributed by atoms with Crippen molar-refractivity contribution in [2.75, 3.05) is 0 Å². The van der Waals surface area contributed by atoms with Gasteiger partial charge in [-0.3, -0.25) is 9.36 Å². The second-order valence-corrected chi connectivity index (χ2v) is 8.23. The lowest BCUT2D eigenvalue weighted by atomic mass is 10.0. The molecule has 2 aromatic carbocycles. The van der Waals surface area contributed by atoms with Crippen molar-refractivity contribution in [3.8, 4) is 5.69 Å². The zero-order chi connectivity index (χ0) is 19.9. The molecule has 7 heteroatoms. The second-order valence-electron chi connectivity index (χ2n) is 6.48. The van der Waals surface area contributed by atoms with E-state index in [0.29, 0.717) is 10.2 Å². The highest BCUT2D eigenvalue weighted by Crippen LogP contribution is 2.26. The van der Waals surface area contributed by atoms with Gasteiger partial charge in [0.05, 0.1) is 17.0 Å². The second kappa shape index (κ2) is 9.75. The lowest BCUT2D eigenvalue weighted by molar-refractivity contribution is -0.121. The third-order valence-electron chi connectivity index (χ3n) is 4.35. The molecule has 2 atom stereocenters. The Balaban J connectivity index is 1.70. The van der Waals surface area contributed by atoms with E-state index in [2.05, 4.69) is 22.4 Å². The number of nitrogens with one attached hydrogen (secondary N) is 1. The summed E-state index contributed by atoms with van der Waals surface area (Å²) in [4.78, 5) is 12.8. The van der Waals surface area contributed by atoms with E-state index in [1.165, 1.54) is 11.8 Å². The molecule has 0 saturated carbocycles. The van der Waals surface area contributed by atoms with E-state index >= 15 is 0 Å². The Morgan fingerprint density at radius 3 is 2.71 bits per heavy atom. The van der Waals surface area contributed by atoms with Gasteiger partial charge >= 0.3 is 0 Å². The van der Waals surface area contributed by atoms with Crippen molar-refractivity contribution in [3.63, 3.8) is 0 Å². The van der Waals surface area contributed by atoms with Crippen LogP contribution in [0.1, 0.15) is 38.3 Å². The number of hydrogen-bond donors (Lipinski definition) is 1.